The van der Waals surface area contributed by atoms with E-state index in [2.05, 4.69) is 10.1 Å². The Morgan fingerprint density at radius 2 is 2.17 bits per heavy atom. The van der Waals surface area contributed by atoms with Gasteiger partial charge in [0.2, 0.25) is 0 Å². The zero-order valence-corrected chi connectivity index (χ0v) is 10.9. The predicted molar refractivity (Wildman–Crippen MR) is 70.5 cm³/mol. The van der Waals surface area contributed by atoms with Gasteiger partial charge in [0.05, 0.1) is 0 Å². The molecule has 1 aliphatic heterocycles. The molecule has 0 aromatic heterocycles. The molecule has 0 saturated carbocycles. The maximum absolute atomic E-state index is 10.2. The number of benzene rings is 1. The summed E-state index contributed by atoms with van der Waals surface area (Å²) in [4.78, 5) is 10.2. The van der Waals surface area contributed by atoms with Gasteiger partial charge in [0.15, 0.2) is 0 Å². The van der Waals surface area contributed by atoms with Crippen LogP contribution in [-0.4, -0.2) is 30.2 Å². The van der Waals surface area contributed by atoms with E-state index in [4.69, 9.17) is 16.7 Å². The molecule has 1 heterocycles. The molecule has 0 spiro atoms. The van der Waals surface area contributed by atoms with Crippen molar-refractivity contribution in [3.8, 4) is 0 Å². The van der Waals surface area contributed by atoms with Crippen molar-refractivity contribution < 1.29 is 14.6 Å². The van der Waals surface area contributed by atoms with E-state index < -0.39 is 5.43 Å². The van der Waals surface area contributed by atoms with Gasteiger partial charge < -0.3 is 15.2 Å². The van der Waals surface area contributed by atoms with Crippen LogP contribution in [0.4, 0.5) is 4.79 Å². The van der Waals surface area contributed by atoms with Gasteiger partial charge in [-0.05, 0) is 24.4 Å². The molecule has 0 radical (unpaired) electrons. The summed E-state index contributed by atoms with van der Waals surface area (Å²) < 4.78 is 4.55. The molecule has 2 N–H and O–H groups in total. The predicted octanol–water partition coefficient (Wildman–Crippen LogP) is 2.15. The van der Waals surface area contributed by atoms with Gasteiger partial charge in [-0.15, -0.1) is 0 Å². The lowest BCUT2D eigenvalue weighted by molar-refractivity contribution is 0.167. The van der Waals surface area contributed by atoms with Crippen molar-refractivity contribution in [2.75, 3.05) is 19.7 Å². The first kappa shape index (κ1) is 15.0. The maximum Gasteiger partial charge on any atom is 0.404 e. The fraction of sp³-hybridized carbons (Fsp3) is 0.462. The topological polar surface area (TPSA) is 58.6 Å². The van der Waals surface area contributed by atoms with E-state index in [1.165, 1.54) is 0 Å². The van der Waals surface area contributed by atoms with Crippen molar-refractivity contribution in [2.45, 2.75) is 13.0 Å². The molecule has 0 bridgehead atoms. The average molecular weight is 272 g/mol. The first-order valence-corrected chi connectivity index (χ1v) is 6.28. The molecule has 1 saturated heterocycles. The summed E-state index contributed by atoms with van der Waals surface area (Å²) in [5.74, 6) is 0.542. The Morgan fingerprint density at radius 3 is 2.61 bits per heavy atom. The normalized spacial score (nSPS) is 17.8. The van der Waals surface area contributed by atoms with E-state index in [1.807, 2.05) is 30.3 Å². The highest BCUT2D eigenvalue weighted by Gasteiger charge is 2.11. The van der Waals surface area contributed by atoms with Crippen LogP contribution in [0.1, 0.15) is 12.0 Å². The molecule has 1 aromatic rings. The Balaban J connectivity index is 0.000000199. The van der Waals surface area contributed by atoms with Crippen molar-refractivity contribution in [3.05, 3.63) is 35.9 Å². The summed E-state index contributed by atoms with van der Waals surface area (Å²) in [6.07, 6.45) is 1.15. The summed E-state index contributed by atoms with van der Waals surface area (Å²) in [6, 6.07) is 9.36. The van der Waals surface area contributed by atoms with E-state index in [-0.39, 0.29) is 6.61 Å². The zero-order valence-electron chi connectivity index (χ0n) is 10.1. The van der Waals surface area contributed by atoms with Crippen LogP contribution in [0, 0.1) is 5.92 Å². The molecular formula is C13H18ClNO3. The Morgan fingerprint density at radius 1 is 1.44 bits per heavy atom. The van der Waals surface area contributed by atoms with Crippen LogP contribution in [-0.2, 0) is 11.3 Å². The molecule has 18 heavy (non-hydrogen) atoms. The Kier molecular flexibility index (Phi) is 7.41. The number of ether oxygens (including phenoxy) is 1. The van der Waals surface area contributed by atoms with Gasteiger partial charge in [0, 0.05) is 24.8 Å². The minimum atomic E-state index is -0.770. The van der Waals surface area contributed by atoms with Crippen molar-refractivity contribution in [1.29, 1.82) is 0 Å². The van der Waals surface area contributed by atoms with Crippen LogP contribution in [0.5, 0.6) is 0 Å². The van der Waals surface area contributed by atoms with Crippen molar-refractivity contribution in [1.82, 2.24) is 5.32 Å². The molecule has 0 unspecified atom stereocenters. The zero-order chi connectivity index (χ0) is 13.2. The van der Waals surface area contributed by atoms with Crippen LogP contribution >= 0.6 is 11.6 Å². The second kappa shape index (κ2) is 8.91. The number of carbonyl (C=O) groups is 1. The molecule has 100 valence electrons. The SMILES string of the molecule is O=C(Cl)OCc1ccccc1.OC[C@@H]1CCNC1. The Hall–Kier alpha value is -1.10. The van der Waals surface area contributed by atoms with Crippen LogP contribution in [0.15, 0.2) is 30.3 Å². The summed E-state index contributed by atoms with van der Waals surface area (Å²) in [5, 5.41) is 11.7. The standard InChI is InChI=1S/C8H7ClO2.C5H11NO/c9-8(10)11-6-7-4-2-1-3-5-7;7-4-5-1-2-6-3-5/h1-5H,6H2;5-7H,1-4H2/t;5-/m.1/s1. The molecule has 1 aliphatic rings. The molecule has 0 amide bonds. The van der Waals surface area contributed by atoms with Gasteiger partial charge in [-0.2, -0.15) is 0 Å². The lowest BCUT2D eigenvalue weighted by Crippen LogP contribution is -2.11. The second-order valence-corrected chi connectivity index (χ2v) is 4.36. The number of halogens is 1. The summed E-state index contributed by atoms with van der Waals surface area (Å²) in [6.45, 7) is 2.69. The minimum absolute atomic E-state index is 0.239. The smallest absolute Gasteiger partial charge is 0.404 e. The third-order valence-electron chi connectivity index (χ3n) is 2.62. The highest BCUT2D eigenvalue weighted by atomic mass is 35.5. The molecule has 1 fully saturated rings. The molecule has 4 nitrogen and oxygen atoms in total. The second-order valence-electron chi connectivity index (χ2n) is 4.05. The summed E-state index contributed by atoms with van der Waals surface area (Å²) in [5.41, 5.74) is 0.162. The van der Waals surface area contributed by atoms with Gasteiger partial charge in [0.1, 0.15) is 6.61 Å². The molecule has 1 aromatic carbocycles. The summed E-state index contributed by atoms with van der Waals surface area (Å²) >= 11 is 4.97. The first-order valence-electron chi connectivity index (χ1n) is 5.90. The highest BCUT2D eigenvalue weighted by molar-refractivity contribution is 6.61. The van der Waals surface area contributed by atoms with E-state index in [1.54, 1.807) is 0 Å². The largest absolute Gasteiger partial charge is 0.449 e. The Labute approximate surface area is 112 Å². The maximum atomic E-state index is 10.2. The third-order valence-corrected chi connectivity index (χ3v) is 2.72. The van der Waals surface area contributed by atoms with Crippen LogP contribution in [0.25, 0.3) is 0 Å². The van der Waals surface area contributed by atoms with Crippen molar-refractivity contribution >= 4 is 17.0 Å². The van der Waals surface area contributed by atoms with Crippen molar-refractivity contribution in [3.63, 3.8) is 0 Å². The van der Waals surface area contributed by atoms with E-state index in [9.17, 15) is 4.79 Å². The average Bonchev–Trinajstić information content (AvgIpc) is 2.91. The highest BCUT2D eigenvalue weighted by Crippen LogP contribution is 2.04. The van der Waals surface area contributed by atoms with E-state index >= 15 is 0 Å². The van der Waals surface area contributed by atoms with E-state index in [0.29, 0.717) is 12.5 Å². The number of carbonyl (C=O) groups excluding carboxylic acids is 1. The minimum Gasteiger partial charge on any atom is -0.449 e. The van der Waals surface area contributed by atoms with Crippen LogP contribution in [0.2, 0.25) is 0 Å². The fourth-order valence-electron chi connectivity index (χ4n) is 1.58. The quantitative estimate of drug-likeness (QED) is 0.827. The first-order chi connectivity index (χ1) is 8.72. The fourth-order valence-corrected chi connectivity index (χ4v) is 1.64. The van der Waals surface area contributed by atoms with Crippen LogP contribution in [0.3, 0.4) is 0 Å². The van der Waals surface area contributed by atoms with Crippen molar-refractivity contribution in [2.24, 2.45) is 5.92 Å². The lowest BCUT2D eigenvalue weighted by atomic mass is 10.1. The number of nitrogens with one attached hydrogen (secondary N) is 1. The molecule has 2 rings (SSSR count). The van der Waals surface area contributed by atoms with Gasteiger partial charge in [-0.1, -0.05) is 30.3 Å². The Bertz CT molecular complexity index is 339. The van der Waals surface area contributed by atoms with Gasteiger partial charge in [-0.25, -0.2) is 4.79 Å². The number of hydrogen-bond donors (Lipinski definition) is 2. The summed E-state index contributed by atoms with van der Waals surface area (Å²) in [7, 11) is 0. The third kappa shape index (κ3) is 6.59. The monoisotopic (exact) mass is 271 g/mol. The lowest BCUT2D eigenvalue weighted by Gasteiger charge is -1.98. The number of aliphatic hydroxyl groups excluding tert-OH is 1. The van der Waals surface area contributed by atoms with E-state index in [0.717, 1.165) is 25.1 Å². The van der Waals surface area contributed by atoms with Gasteiger partial charge in [-0.3, -0.25) is 0 Å². The molecular weight excluding hydrogens is 254 g/mol. The number of aliphatic hydroxyl groups is 1. The molecule has 1 atom stereocenters. The van der Waals surface area contributed by atoms with Gasteiger partial charge >= 0.3 is 5.43 Å². The van der Waals surface area contributed by atoms with Crippen LogP contribution < -0.4 is 5.32 Å². The van der Waals surface area contributed by atoms with Gasteiger partial charge in [0.25, 0.3) is 0 Å². The number of rotatable bonds is 3. The molecule has 0 aliphatic carbocycles. The molecule has 5 heteroatoms. The number of hydrogen-bond acceptors (Lipinski definition) is 4.